The molecular formula is C7H7F4N3O. The largest absolute Gasteiger partial charge is 0.574 e. The van der Waals surface area contributed by atoms with E-state index in [0.717, 1.165) is 6.20 Å². The van der Waals surface area contributed by atoms with E-state index >= 15 is 0 Å². The zero-order valence-corrected chi connectivity index (χ0v) is 7.31. The van der Waals surface area contributed by atoms with Crippen molar-refractivity contribution in [3.05, 3.63) is 17.6 Å². The number of nitrogens with zero attached hydrogens (tertiary/aromatic N) is 1. The van der Waals surface area contributed by atoms with Crippen LogP contribution in [0.5, 0.6) is 5.88 Å². The standard InChI is InChI=1S/C7H7F4N3O/c8-4-3(1-12)2-14-6(5(4)13)15-7(9,10)11/h2H,1,12-13H2. The Kier molecular flexibility index (Phi) is 2.98. The van der Waals surface area contributed by atoms with Gasteiger partial charge in [0.15, 0.2) is 5.82 Å². The third-order valence-electron chi connectivity index (χ3n) is 1.52. The van der Waals surface area contributed by atoms with E-state index < -0.39 is 23.7 Å². The highest BCUT2D eigenvalue weighted by atomic mass is 19.4. The second-order valence-electron chi connectivity index (χ2n) is 2.57. The van der Waals surface area contributed by atoms with Crippen LogP contribution in [0.3, 0.4) is 0 Å². The van der Waals surface area contributed by atoms with Gasteiger partial charge in [-0.2, -0.15) is 0 Å². The molecule has 1 heterocycles. The van der Waals surface area contributed by atoms with Crippen LogP contribution in [0.15, 0.2) is 6.20 Å². The molecule has 0 aliphatic heterocycles. The molecule has 0 unspecified atom stereocenters. The molecule has 0 aromatic carbocycles. The van der Waals surface area contributed by atoms with Crippen LogP contribution in [0.1, 0.15) is 5.56 Å². The summed E-state index contributed by atoms with van der Waals surface area (Å²) < 4.78 is 51.9. The first-order valence-corrected chi connectivity index (χ1v) is 3.74. The van der Waals surface area contributed by atoms with Crippen LogP contribution in [0.25, 0.3) is 0 Å². The van der Waals surface area contributed by atoms with Crippen LogP contribution in [0.2, 0.25) is 0 Å². The van der Waals surface area contributed by atoms with E-state index in [2.05, 4.69) is 9.72 Å². The maximum absolute atomic E-state index is 13.1. The van der Waals surface area contributed by atoms with Crippen LogP contribution in [-0.4, -0.2) is 11.3 Å². The lowest BCUT2D eigenvalue weighted by Gasteiger charge is -2.11. The van der Waals surface area contributed by atoms with Crippen LogP contribution in [0, 0.1) is 5.82 Å². The molecule has 1 aromatic heterocycles. The summed E-state index contributed by atoms with van der Waals surface area (Å²) in [6.07, 6.45) is -4.12. The molecule has 0 atom stereocenters. The molecule has 84 valence electrons. The molecule has 0 aliphatic rings. The van der Waals surface area contributed by atoms with Gasteiger partial charge in [-0.05, 0) is 0 Å². The van der Waals surface area contributed by atoms with Gasteiger partial charge in [0, 0.05) is 18.3 Å². The Morgan fingerprint density at radius 1 is 1.40 bits per heavy atom. The number of hydrogen-bond donors (Lipinski definition) is 2. The van der Waals surface area contributed by atoms with Crippen LogP contribution in [0.4, 0.5) is 23.2 Å². The number of ether oxygens (including phenoxy) is 1. The Morgan fingerprint density at radius 2 is 2.00 bits per heavy atom. The molecular weight excluding hydrogens is 218 g/mol. The molecule has 15 heavy (non-hydrogen) atoms. The van der Waals surface area contributed by atoms with E-state index in [1.807, 2.05) is 0 Å². The minimum absolute atomic E-state index is 0.0815. The Bertz CT molecular complexity index is 366. The van der Waals surface area contributed by atoms with Gasteiger partial charge in [0.2, 0.25) is 5.88 Å². The van der Waals surface area contributed by atoms with E-state index in [9.17, 15) is 17.6 Å². The lowest BCUT2D eigenvalue weighted by molar-refractivity contribution is -0.275. The molecule has 0 fully saturated rings. The van der Waals surface area contributed by atoms with E-state index in [1.54, 1.807) is 0 Å². The molecule has 0 saturated heterocycles. The van der Waals surface area contributed by atoms with E-state index in [-0.39, 0.29) is 12.1 Å². The number of halogens is 4. The molecule has 4 N–H and O–H groups in total. The molecule has 0 saturated carbocycles. The third-order valence-corrected chi connectivity index (χ3v) is 1.52. The fourth-order valence-electron chi connectivity index (χ4n) is 0.863. The highest BCUT2D eigenvalue weighted by Gasteiger charge is 2.33. The van der Waals surface area contributed by atoms with Crippen molar-refractivity contribution in [1.82, 2.24) is 4.98 Å². The summed E-state index contributed by atoms with van der Waals surface area (Å²) >= 11 is 0. The monoisotopic (exact) mass is 225 g/mol. The molecule has 0 radical (unpaired) electrons. The number of nitrogen functional groups attached to an aromatic ring is 1. The molecule has 0 bridgehead atoms. The number of anilines is 1. The van der Waals surface area contributed by atoms with Crippen molar-refractivity contribution in [3.63, 3.8) is 0 Å². The van der Waals surface area contributed by atoms with Crippen molar-refractivity contribution in [1.29, 1.82) is 0 Å². The Balaban J connectivity index is 3.07. The second kappa shape index (κ2) is 3.89. The fourth-order valence-corrected chi connectivity index (χ4v) is 0.863. The summed E-state index contributed by atoms with van der Waals surface area (Å²) in [6.45, 7) is -0.213. The van der Waals surface area contributed by atoms with Crippen molar-refractivity contribution < 1.29 is 22.3 Å². The SMILES string of the molecule is NCc1cnc(OC(F)(F)F)c(N)c1F. The number of hydrogen-bond acceptors (Lipinski definition) is 4. The van der Waals surface area contributed by atoms with Crippen molar-refractivity contribution in [2.75, 3.05) is 5.73 Å². The number of pyridine rings is 1. The van der Waals surface area contributed by atoms with Crippen LogP contribution >= 0.6 is 0 Å². The van der Waals surface area contributed by atoms with Crippen molar-refractivity contribution in [3.8, 4) is 5.88 Å². The van der Waals surface area contributed by atoms with Gasteiger partial charge in [-0.15, -0.1) is 13.2 Å². The molecule has 0 spiro atoms. The Labute approximate surface area is 81.8 Å². The average molecular weight is 225 g/mol. The normalized spacial score (nSPS) is 11.5. The maximum Gasteiger partial charge on any atom is 0.574 e. The summed E-state index contributed by atoms with van der Waals surface area (Å²) in [5, 5.41) is 0. The fraction of sp³-hybridized carbons (Fsp3) is 0.286. The smallest absolute Gasteiger partial charge is 0.392 e. The zero-order chi connectivity index (χ0) is 11.6. The van der Waals surface area contributed by atoms with Crippen LogP contribution < -0.4 is 16.2 Å². The number of aromatic nitrogens is 1. The van der Waals surface area contributed by atoms with Gasteiger partial charge in [0.05, 0.1) is 0 Å². The molecule has 8 heteroatoms. The first-order valence-electron chi connectivity index (χ1n) is 3.74. The summed E-state index contributed by atoms with van der Waals surface area (Å²) in [6, 6.07) is 0. The van der Waals surface area contributed by atoms with Gasteiger partial charge in [0.25, 0.3) is 0 Å². The Morgan fingerprint density at radius 3 is 2.47 bits per heavy atom. The highest BCUT2D eigenvalue weighted by Crippen LogP contribution is 2.28. The molecule has 1 rings (SSSR count). The maximum atomic E-state index is 13.1. The number of nitrogens with two attached hydrogens (primary N) is 2. The molecule has 4 nitrogen and oxygen atoms in total. The molecule has 0 amide bonds. The predicted octanol–water partition coefficient (Wildman–Crippen LogP) is 1.16. The van der Waals surface area contributed by atoms with E-state index in [4.69, 9.17) is 11.5 Å². The molecule has 1 aromatic rings. The average Bonchev–Trinajstić information content (AvgIpc) is 2.11. The minimum atomic E-state index is -4.96. The minimum Gasteiger partial charge on any atom is -0.392 e. The van der Waals surface area contributed by atoms with Crippen molar-refractivity contribution in [2.45, 2.75) is 12.9 Å². The predicted molar refractivity (Wildman–Crippen MR) is 43.2 cm³/mol. The van der Waals surface area contributed by atoms with E-state index in [0.29, 0.717) is 0 Å². The summed E-state index contributed by atoms with van der Waals surface area (Å²) in [4.78, 5) is 3.21. The number of rotatable bonds is 2. The summed E-state index contributed by atoms with van der Waals surface area (Å²) in [5.41, 5.74) is 9.25. The first kappa shape index (κ1) is 11.5. The van der Waals surface area contributed by atoms with Crippen LogP contribution in [-0.2, 0) is 6.54 Å². The quantitative estimate of drug-likeness (QED) is 0.740. The highest BCUT2D eigenvalue weighted by molar-refractivity contribution is 5.51. The summed E-state index contributed by atoms with van der Waals surface area (Å²) in [7, 11) is 0. The summed E-state index contributed by atoms with van der Waals surface area (Å²) in [5.74, 6) is -2.07. The van der Waals surface area contributed by atoms with E-state index in [1.165, 1.54) is 0 Å². The number of alkyl halides is 3. The van der Waals surface area contributed by atoms with Crippen molar-refractivity contribution >= 4 is 5.69 Å². The van der Waals surface area contributed by atoms with Gasteiger partial charge in [-0.25, -0.2) is 9.37 Å². The van der Waals surface area contributed by atoms with Crippen molar-refractivity contribution in [2.24, 2.45) is 5.73 Å². The third kappa shape index (κ3) is 2.69. The Hall–Kier alpha value is -1.57. The van der Waals surface area contributed by atoms with Gasteiger partial charge < -0.3 is 16.2 Å². The zero-order valence-electron chi connectivity index (χ0n) is 7.31. The van der Waals surface area contributed by atoms with Gasteiger partial charge >= 0.3 is 6.36 Å². The topological polar surface area (TPSA) is 74.2 Å². The van der Waals surface area contributed by atoms with Gasteiger partial charge in [-0.1, -0.05) is 0 Å². The van der Waals surface area contributed by atoms with Gasteiger partial charge in [-0.3, -0.25) is 0 Å². The lowest BCUT2D eigenvalue weighted by atomic mass is 10.2. The molecule has 0 aliphatic carbocycles. The first-order chi connectivity index (χ1) is 6.85. The van der Waals surface area contributed by atoms with Gasteiger partial charge in [0.1, 0.15) is 5.69 Å². The lowest BCUT2D eigenvalue weighted by Crippen LogP contribution is -2.19. The second-order valence-corrected chi connectivity index (χ2v) is 2.57.